The molecule has 3 heterocycles. The molecular formula is C21H28N6O3. The number of likely N-dealkylation sites (tertiary alicyclic amines) is 1. The van der Waals surface area contributed by atoms with Gasteiger partial charge in [0.25, 0.3) is 0 Å². The smallest absolute Gasteiger partial charge is 0.410 e. The van der Waals surface area contributed by atoms with Gasteiger partial charge in [0.15, 0.2) is 5.82 Å². The van der Waals surface area contributed by atoms with Crippen LogP contribution in [0, 0.1) is 6.92 Å². The Balaban J connectivity index is 1.27. The summed E-state index contributed by atoms with van der Waals surface area (Å²) in [5.74, 6) is 0.521. The summed E-state index contributed by atoms with van der Waals surface area (Å²) in [6.45, 7) is 6.73. The van der Waals surface area contributed by atoms with Crippen molar-refractivity contribution in [3.63, 3.8) is 0 Å². The minimum atomic E-state index is -0.214. The quantitative estimate of drug-likeness (QED) is 0.781. The number of carbonyl (C=O) groups excluding carboxylic acids is 2. The van der Waals surface area contributed by atoms with Gasteiger partial charge >= 0.3 is 6.09 Å². The van der Waals surface area contributed by atoms with E-state index in [0.29, 0.717) is 11.5 Å². The van der Waals surface area contributed by atoms with Gasteiger partial charge in [0, 0.05) is 42.2 Å². The number of aryl methyl sites for hydroxylation is 1. The lowest BCUT2D eigenvalue weighted by Gasteiger charge is -2.47. The molecule has 2 aromatic heterocycles. The highest BCUT2D eigenvalue weighted by Crippen LogP contribution is 2.37. The standard InChI is InChI=1S/C21H28N6O3/c1-13-11-23-15(12-22-13)9-19(28)24-18-10-17(25-26-18)14-4-5-16(8-14)30-20(29)27-7-6-21(27,2)3/h10-12,14,16H,4-9H2,1-3H3,(H2,24,25,26,28). The summed E-state index contributed by atoms with van der Waals surface area (Å²) in [5, 5.41) is 10.0. The van der Waals surface area contributed by atoms with Crippen molar-refractivity contribution in [1.29, 1.82) is 0 Å². The Morgan fingerprint density at radius 1 is 1.30 bits per heavy atom. The number of ether oxygens (including phenoxy) is 1. The molecule has 2 atom stereocenters. The Hall–Kier alpha value is -2.97. The van der Waals surface area contributed by atoms with Crippen LogP contribution in [-0.4, -0.2) is 55.3 Å². The molecule has 9 heteroatoms. The number of amides is 2. The molecular weight excluding hydrogens is 384 g/mol. The van der Waals surface area contributed by atoms with Gasteiger partial charge in [-0.05, 0) is 46.5 Å². The van der Waals surface area contributed by atoms with Crippen LogP contribution in [-0.2, 0) is 16.0 Å². The molecule has 2 aliphatic rings. The second-order valence-corrected chi connectivity index (χ2v) is 8.81. The zero-order chi connectivity index (χ0) is 21.3. The van der Waals surface area contributed by atoms with Crippen molar-refractivity contribution in [3.8, 4) is 0 Å². The molecule has 2 fully saturated rings. The normalized spacial score (nSPS) is 22.4. The second kappa shape index (κ2) is 8.04. The van der Waals surface area contributed by atoms with Gasteiger partial charge in [0.05, 0.1) is 17.8 Å². The first kappa shape index (κ1) is 20.3. The number of carbonyl (C=O) groups is 2. The van der Waals surface area contributed by atoms with Crippen molar-refractivity contribution in [2.45, 2.75) is 70.4 Å². The Morgan fingerprint density at radius 3 is 2.80 bits per heavy atom. The third-order valence-corrected chi connectivity index (χ3v) is 6.03. The number of nitrogens with one attached hydrogen (secondary N) is 2. The number of aromatic nitrogens is 4. The lowest BCUT2D eigenvalue weighted by atomic mass is 9.90. The number of nitrogens with zero attached hydrogens (tertiary/aromatic N) is 4. The van der Waals surface area contributed by atoms with E-state index in [4.69, 9.17) is 4.74 Å². The number of H-pyrrole nitrogens is 1. The Morgan fingerprint density at radius 2 is 2.13 bits per heavy atom. The summed E-state index contributed by atoms with van der Waals surface area (Å²) in [5.41, 5.74) is 2.27. The monoisotopic (exact) mass is 412 g/mol. The Labute approximate surface area is 175 Å². The van der Waals surface area contributed by atoms with Crippen molar-refractivity contribution < 1.29 is 14.3 Å². The fraction of sp³-hybridized carbons (Fsp3) is 0.571. The van der Waals surface area contributed by atoms with Crippen molar-refractivity contribution in [3.05, 3.63) is 35.5 Å². The highest BCUT2D eigenvalue weighted by atomic mass is 16.6. The molecule has 0 bridgehead atoms. The van der Waals surface area contributed by atoms with Crippen LogP contribution in [0.2, 0.25) is 0 Å². The molecule has 0 spiro atoms. The summed E-state index contributed by atoms with van der Waals surface area (Å²) in [7, 11) is 0. The average Bonchev–Trinajstić information content (AvgIpc) is 3.32. The molecule has 9 nitrogen and oxygen atoms in total. The van der Waals surface area contributed by atoms with E-state index >= 15 is 0 Å². The molecule has 2 N–H and O–H groups in total. The first-order valence-electron chi connectivity index (χ1n) is 10.4. The van der Waals surface area contributed by atoms with E-state index in [0.717, 1.165) is 43.6 Å². The molecule has 0 radical (unpaired) electrons. The molecule has 1 saturated heterocycles. The highest BCUT2D eigenvalue weighted by molar-refractivity contribution is 5.91. The minimum Gasteiger partial charge on any atom is -0.446 e. The molecule has 160 valence electrons. The van der Waals surface area contributed by atoms with Crippen LogP contribution in [0.15, 0.2) is 18.5 Å². The SMILES string of the molecule is Cc1cnc(CC(=O)Nc2cc(C3CCC(OC(=O)N4CCC4(C)C)C3)[nH]n2)cn1. The van der Waals surface area contributed by atoms with Gasteiger partial charge < -0.3 is 15.0 Å². The molecule has 30 heavy (non-hydrogen) atoms. The lowest BCUT2D eigenvalue weighted by Crippen LogP contribution is -2.58. The van der Waals surface area contributed by atoms with E-state index in [-0.39, 0.29) is 36.0 Å². The van der Waals surface area contributed by atoms with Gasteiger partial charge in [-0.2, -0.15) is 5.10 Å². The fourth-order valence-corrected chi connectivity index (χ4v) is 4.02. The van der Waals surface area contributed by atoms with E-state index < -0.39 is 0 Å². The summed E-state index contributed by atoms with van der Waals surface area (Å²) in [4.78, 5) is 34.7. The predicted octanol–water partition coefficient (Wildman–Crippen LogP) is 2.95. The van der Waals surface area contributed by atoms with Gasteiger partial charge in [-0.25, -0.2) is 4.79 Å². The van der Waals surface area contributed by atoms with Gasteiger partial charge in [0.2, 0.25) is 5.91 Å². The maximum absolute atomic E-state index is 12.4. The maximum Gasteiger partial charge on any atom is 0.410 e. The summed E-state index contributed by atoms with van der Waals surface area (Å²) in [6, 6.07) is 1.85. The van der Waals surface area contributed by atoms with Crippen LogP contribution in [0.5, 0.6) is 0 Å². The number of hydrogen-bond donors (Lipinski definition) is 2. The average molecular weight is 412 g/mol. The van der Waals surface area contributed by atoms with Crippen LogP contribution in [0.4, 0.5) is 10.6 Å². The third kappa shape index (κ3) is 4.44. The lowest BCUT2D eigenvalue weighted by molar-refractivity contribution is -0.115. The topological polar surface area (TPSA) is 113 Å². The molecule has 2 unspecified atom stereocenters. The summed E-state index contributed by atoms with van der Waals surface area (Å²) >= 11 is 0. The van der Waals surface area contributed by atoms with E-state index in [1.165, 1.54) is 0 Å². The van der Waals surface area contributed by atoms with Crippen molar-refractivity contribution in [1.82, 2.24) is 25.1 Å². The molecule has 2 amide bonds. The fourth-order valence-electron chi connectivity index (χ4n) is 4.02. The van der Waals surface area contributed by atoms with Crippen LogP contribution < -0.4 is 5.32 Å². The molecule has 1 saturated carbocycles. The predicted molar refractivity (Wildman–Crippen MR) is 110 cm³/mol. The molecule has 2 aromatic rings. The van der Waals surface area contributed by atoms with Gasteiger partial charge in [-0.15, -0.1) is 0 Å². The van der Waals surface area contributed by atoms with Crippen molar-refractivity contribution >= 4 is 17.8 Å². The zero-order valence-corrected chi connectivity index (χ0v) is 17.6. The van der Waals surface area contributed by atoms with E-state index in [1.807, 2.05) is 13.0 Å². The second-order valence-electron chi connectivity index (χ2n) is 8.81. The largest absolute Gasteiger partial charge is 0.446 e. The maximum atomic E-state index is 12.4. The van der Waals surface area contributed by atoms with E-state index in [9.17, 15) is 9.59 Å². The van der Waals surface area contributed by atoms with Crippen LogP contribution in [0.1, 0.15) is 62.5 Å². The minimum absolute atomic E-state index is 0.0830. The molecule has 1 aliphatic heterocycles. The van der Waals surface area contributed by atoms with Crippen molar-refractivity contribution in [2.24, 2.45) is 0 Å². The van der Waals surface area contributed by atoms with E-state index in [1.54, 1.807) is 17.3 Å². The van der Waals surface area contributed by atoms with Crippen molar-refractivity contribution in [2.75, 3.05) is 11.9 Å². The highest BCUT2D eigenvalue weighted by Gasteiger charge is 2.41. The molecule has 0 aromatic carbocycles. The summed E-state index contributed by atoms with van der Waals surface area (Å²) < 4.78 is 5.72. The van der Waals surface area contributed by atoms with Crippen LogP contribution >= 0.6 is 0 Å². The Bertz CT molecular complexity index is 923. The molecule has 1 aliphatic carbocycles. The van der Waals surface area contributed by atoms with Gasteiger partial charge in [-0.1, -0.05) is 0 Å². The Kier molecular flexibility index (Phi) is 5.44. The molecule has 4 rings (SSSR count). The van der Waals surface area contributed by atoms with Crippen LogP contribution in [0.25, 0.3) is 0 Å². The third-order valence-electron chi connectivity index (χ3n) is 6.03. The van der Waals surface area contributed by atoms with Crippen LogP contribution in [0.3, 0.4) is 0 Å². The first-order chi connectivity index (χ1) is 14.3. The number of rotatable bonds is 5. The number of aromatic amines is 1. The van der Waals surface area contributed by atoms with Gasteiger partial charge in [-0.3, -0.25) is 19.9 Å². The first-order valence-corrected chi connectivity index (χ1v) is 10.4. The summed E-state index contributed by atoms with van der Waals surface area (Å²) in [6.07, 6.45) is 6.60. The number of hydrogen-bond acceptors (Lipinski definition) is 6. The van der Waals surface area contributed by atoms with E-state index in [2.05, 4.69) is 39.3 Å². The zero-order valence-electron chi connectivity index (χ0n) is 17.6. The number of anilines is 1. The van der Waals surface area contributed by atoms with Gasteiger partial charge in [0.1, 0.15) is 6.10 Å².